The van der Waals surface area contributed by atoms with Gasteiger partial charge in [0.2, 0.25) is 5.91 Å². The summed E-state index contributed by atoms with van der Waals surface area (Å²) >= 11 is 0. The molecule has 0 spiro atoms. The molecule has 1 aliphatic heterocycles. The Morgan fingerprint density at radius 2 is 2.16 bits per heavy atom. The van der Waals surface area contributed by atoms with Crippen LogP contribution in [-0.2, 0) is 21.1 Å². The van der Waals surface area contributed by atoms with Crippen molar-refractivity contribution in [1.82, 2.24) is 4.90 Å². The van der Waals surface area contributed by atoms with Gasteiger partial charge < -0.3 is 9.32 Å². The number of nitrogens with zero attached hydrogens (tertiary/aromatic N) is 1. The van der Waals surface area contributed by atoms with Crippen LogP contribution in [0.1, 0.15) is 23.1 Å². The molecule has 1 aromatic carbocycles. The molecule has 0 N–H and O–H groups in total. The van der Waals surface area contributed by atoms with Crippen LogP contribution < -0.4 is 0 Å². The molecule has 5 nitrogen and oxygen atoms in total. The Morgan fingerprint density at radius 1 is 1.40 bits per heavy atom. The molecule has 0 saturated carbocycles. The van der Waals surface area contributed by atoms with E-state index in [1.807, 2.05) is 26.0 Å². The van der Waals surface area contributed by atoms with Crippen molar-refractivity contribution in [3.05, 3.63) is 47.7 Å². The normalized spacial score (nSPS) is 19.2. The van der Waals surface area contributed by atoms with Gasteiger partial charge in [-0.05, 0) is 31.4 Å². The van der Waals surface area contributed by atoms with Crippen LogP contribution in [0.25, 0.3) is 11.0 Å². The second-order valence-electron chi connectivity index (χ2n) is 6.71. The molecule has 134 valence electrons. The molecule has 1 aromatic heterocycles. The second kappa shape index (κ2) is 6.67. The van der Waals surface area contributed by atoms with E-state index >= 15 is 0 Å². The molecule has 1 aliphatic rings. The molecule has 1 fully saturated rings. The van der Waals surface area contributed by atoms with E-state index in [0.29, 0.717) is 13.0 Å². The fraction of sp³-hybridized carbons (Fsp3) is 0.421. The summed E-state index contributed by atoms with van der Waals surface area (Å²) in [7, 11) is -3.05. The quantitative estimate of drug-likeness (QED) is 0.768. The molecule has 2 aromatic rings. The maximum Gasteiger partial charge on any atom is 0.227 e. The van der Waals surface area contributed by atoms with Crippen LogP contribution in [0.2, 0.25) is 0 Å². The smallest absolute Gasteiger partial charge is 0.227 e. The van der Waals surface area contributed by atoms with Gasteiger partial charge >= 0.3 is 0 Å². The predicted octanol–water partition coefficient (Wildman–Crippen LogP) is 2.79. The summed E-state index contributed by atoms with van der Waals surface area (Å²) in [5.41, 5.74) is 3.85. The minimum Gasteiger partial charge on any atom is -0.464 e. The zero-order chi connectivity index (χ0) is 18.2. The molecule has 3 rings (SSSR count). The van der Waals surface area contributed by atoms with E-state index in [1.165, 1.54) is 0 Å². The van der Waals surface area contributed by atoms with Crippen LogP contribution in [0.3, 0.4) is 0 Å². The number of carbonyl (C=O) groups is 1. The van der Waals surface area contributed by atoms with Crippen molar-refractivity contribution in [3.63, 3.8) is 0 Å². The maximum absolute atomic E-state index is 12.8. The highest BCUT2D eigenvalue weighted by atomic mass is 32.2. The van der Waals surface area contributed by atoms with Crippen LogP contribution in [0.4, 0.5) is 0 Å². The van der Waals surface area contributed by atoms with Gasteiger partial charge in [0.15, 0.2) is 9.84 Å². The Kier molecular flexibility index (Phi) is 4.73. The number of sulfone groups is 1. The third kappa shape index (κ3) is 3.49. The number of furan rings is 1. The molecular weight excluding hydrogens is 338 g/mol. The lowest BCUT2D eigenvalue weighted by molar-refractivity contribution is -0.131. The summed E-state index contributed by atoms with van der Waals surface area (Å²) in [4.78, 5) is 14.5. The zero-order valence-electron chi connectivity index (χ0n) is 14.6. The lowest BCUT2D eigenvalue weighted by Crippen LogP contribution is -2.42. The van der Waals surface area contributed by atoms with Gasteiger partial charge in [-0.3, -0.25) is 4.79 Å². The van der Waals surface area contributed by atoms with E-state index in [1.54, 1.807) is 17.2 Å². The fourth-order valence-electron chi connectivity index (χ4n) is 3.40. The highest BCUT2D eigenvalue weighted by molar-refractivity contribution is 7.91. The van der Waals surface area contributed by atoms with Crippen molar-refractivity contribution in [1.29, 1.82) is 0 Å². The van der Waals surface area contributed by atoms with Gasteiger partial charge in [-0.25, -0.2) is 8.42 Å². The van der Waals surface area contributed by atoms with Crippen molar-refractivity contribution < 1.29 is 17.6 Å². The molecule has 2 heterocycles. The largest absolute Gasteiger partial charge is 0.464 e. The SMILES string of the molecule is C=CCN(C(=O)Cc1coc2c(C)c(C)ccc12)[C@@H]1CCS(=O)(=O)C1. The number of hydrogen-bond donors (Lipinski definition) is 0. The highest BCUT2D eigenvalue weighted by Gasteiger charge is 2.34. The van der Waals surface area contributed by atoms with Gasteiger partial charge in [0.1, 0.15) is 5.58 Å². The summed E-state index contributed by atoms with van der Waals surface area (Å²) in [5.74, 6) is 0.0887. The summed E-state index contributed by atoms with van der Waals surface area (Å²) in [6.07, 6.45) is 3.96. The first-order chi connectivity index (χ1) is 11.8. The molecule has 0 aliphatic carbocycles. The van der Waals surface area contributed by atoms with Crippen molar-refractivity contribution in [2.45, 2.75) is 32.7 Å². The van der Waals surface area contributed by atoms with Crippen molar-refractivity contribution >= 4 is 26.7 Å². The monoisotopic (exact) mass is 361 g/mol. The molecule has 1 atom stereocenters. The topological polar surface area (TPSA) is 67.6 Å². The fourth-order valence-corrected chi connectivity index (χ4v) is 5.14. The molecule has 0 unspecified atom stereocenters. The first-order valence-corrected chi connectivity index (χ1v) is 10.2. The molecule has 0 radical (unpaired) electrons. The number of hydrogen-bond acceptors (Lipinski definition) is 4. The lowest BCUT2D eigenvalue weighted by atomic mass is 10.0. The molecule has 0 bridgehead atoms. The van der Waals surface area contributed by atoms with E-state index in [2.05, 4.69) is 6.58 Å². The Bertz CT molecular complexity index is 926. The Balaban J connectivity index is 1.85. The standard InChI is InChI=1S/C19H23NO4S/c1-4-8-20(16-7-9-25(22,23)12-16)18(21)10-15-11-24-19-14(3)13(2)5-6-17(15)19/h4-6,11,16H,1,7-10,12H2,2-3H3/t16-/m1/s1. The van der Waals surface area contributed by atoms with Crippen molar-refractivity contribution in [2.75, 3.05) is 18.1 Å². The van der Waals surface area contributed by atoms with Gasteiger partial charge in [0, 0.05) is 23.5 Å². The third-order valence-corrected chi connectivity index (χ3v) is 6.73. The molecule has 6 heteroatoms. The van der Waals surface area contributed by atoms with E-state index in [0.717, 1.165) is 27.7 Å². The van der Waals surface area contributed by atoms with Crippen LogP contribution in [0.5, 0.6) is 0 Å². The summed E-state index contributed by atoms with van der Waals surface area (Å²) < 4.78 is 29.2. The zero-order valence-corrected chi connectivity index (χ0v) is 15.4. The second-order valence-corrected chi connectivity index (χ2v) is 8.94. The first-order valence-electron chi connectivity index (χ1n) is 8.39. The number of benzene rings is 1. The van der Waals surface area contributed by atoms with Crippen LogP contribution in [0.15, 0.2) is 35.5 Å². The van der Waals surface area contributed by atoms with Gasteiger partial charge in [0.25, 0.3) is 0 Å². The Morgan fingerprint density at radius 3 is 2.80 bits per heavy atom. The number of carbonyl (C=O) groups excluding carboxylic acids is 1. The number of aryl methyl sites for hydroxylation is 2. The van der Waals surface area contributed by atoms with E-state index in [4.69, 9.17) is 4.42 Å². The first kappa shape index (κ1) is 17.7. The number of fused-ring (bicyclic) bond motifs is 1. The lowest BCUT2D eigenvalue weighted by Gasteiger charge is -2.27. The average molecular weight is 361 g/mol. The van der Waals surface area contributed by atoms with Crippen molar-refractivity contribution in [2.24, 2.45) is 0 Å². The summed E-state index contributed by atoms with van der Waals surface area (Å²) in [5, 5.41) is 0.939. The van der Waals surface area contributed by atoms with Crippen molar-refractivity contribution in [3.8, 4) is 0 Å². The van der Waals surface area contributed by atoms with Gasteiger partial charge in [-0.1, -0.05) is 18.2 Å². The van der Waals surface area contributed by atoms with E-state index < -0.39 is 9.84 Å². The molecule has 1 amide bonds. The van der Waals surface area contributed by atoms with Gasteiger partial charge in [-0.2, -0.15) is 0 Å². The van der Waals surface area contributed by atoms with Crippen LogP contribution >= 0.6 is 0 Å². The van der Waals surface area contributed by atoms with E-state index in [9.17, 15) is 13.2 Å². The third-order valence-electron chi connectivity index (χ3n) is 4.98. The summed E-state index contributed by atoms with van der Waals surface area (Å²) in [6.45, 7) is 8.07. The minimum atomic E-state index is -3.05. The van der Waals surface area contributed by atoms with Crippen LogP contribution in [-0.4, -0.2) is 43.3 Å². The summed E-state index contributed by atoms with van der Waals surface area (Å²) in [6, 6.07) is 3.73. The van der Waals surface area contributed by atoms with E-state index in [-0.39, 0.29) is 29.9 Å². The highest BCUT2D eigenvalue weighted by Crippen LogP contribution is 2.27. The molecular formula is C19H23NO4S. The predicted molar refractivity (Wildman–Crippen MR) is 98.4 cm³/mol. The number of rotatable bonds is 5. The average Bonchev–Trinajstić information content (AvgIpc) is 3.12. The maximum atomic E-state index is 12.8. The van der Waals surface area contributed by atoms with Gasteiger partial charge in [-0.15, -0.1) is 6.58 Å². The number of amides is 1. The minimum absolute atomic E-state index is 0.0387. The van der Waals surface area contributed by atoms with Crippen LogP contribution in [0, 0.1) is 13.8 Å². The Hall–Kier alpha value is -2.08. The molecule has 25 heavy (non-hydrogen) atoms. The molecule has 1 saturated heterocycles. The Labute approximate surface area is 148 Å². The van der Waals surface area contributed by atoms with Gasteiger partial charge in [0.05, 0.1) is 24.2 Å².